The van der Waals surface area contributed by atoms with Gasteiger partial charge in [0.2, 0.25) is 0 Å². The van der Waals surface area contributed by atoms with E-state index < -0.39 is 0 Å². The quantitative estimate of drug-likeness (QED) is 0.182. The van der Waals surface area contributed by atoms with E-state index in [2.05, 4.69) is 73.5 Å². The van der Waals surface area contributed by atoms with Gasteiger partial charge in [0.15, 0.2) is 5.78 Å². The molecule has 1 aromatic carbocycles. The van der Waals surface area contributed by atoms with Crippen molar-refractivity contribution in [2.24, 2.45) is 11.8 Å². The maximum atomic E-state index is 12.5. The van der Waals surface area contributed by atoms with Crippen LogP contribution in [-0.2, 0) is 11.3 Å². The van der Waals surface area contributed by atoms with Gasteiger partial charge in [-0.05, 0) is 109 Å². The van der Waals surface area contributed by atoms with Gasteiger partial charge in [0.05, 0.1) is 0 Å². The number of benzene rings is 1. The number of carbonyl (C=O) groups excluding carboxylic acids is 1. The highest BCUT2D eigenvalue weighted by atomic mass is 16.1. The third kappa shape index (κ3) is 12.2. The summed E-state index contributed by atoms with van der Waals surface area (Å²) in [6.45, 7) is 12.6. The van der Waals surface area contributed by atoms with Crippen molar-refractivity contribution in [2.45, 2.75) is 72.8 Å². The number of carbonyl (C=O) groups is 1. The fourth-order valence-corrected chi connectivity index (χ4v) is 4.86. The largest absolute Gasteiger partial charge is 0.399 e. The second kappa shape index (κ2) is 17.8. The highest BCUT2D eigenvalue weighted by molar-refractivity contribution is 5.97. The Labute approximate surface area is 232 Å². The molecule has 1 unspecified atom stereocenters. The summed E-state index contributed by atoms with van der Waals surface area (Å²) in [4.78, 5) is 15.0. The van der Waals surface area contributed by atoms with Crippen molar-refractivity contribution in [1.82, 2.24) is 10.2 Å². The van der Waals surface area contributed by atoms with Crippen LogP contribution in [0.25, 0.3) is 0 Å². The number of Topliss-reactive ketones (excluding diaryl/α,β-unsaturated/α-hetero) is 1. The number of nitrogens with zero attached hydrogens (tertiary/aromatic N) is 1. The average molecular weight is 518 g/mol. The first-order valence-electron chi connectivity index (χ1n) is 14.4. The molecule has 38 heavy (non-hydrogen) atoms. The number of nitrogen functional groups attached to an aromatic ring is 1. The van der Waals surface area contributed by atoms with Crippen LogP contribution in [0.5, 0.6) is 0 Å². The molecule has 4 heteroatoms. The van der Waals surface area contributed by atoms with Gasteiger partial charge in [-0.1, -0.05) is 65.8 Å². The number of ketones is 1. The van der Waals surface area contributed by atoms with Gasteiger partial charge >= 0.3 is 0 Å². The van der Waals surface area contributed by atoms with Gasteiger partial charge in [0, 0.05) is 30.8 Å². The standard InChI is InChI=1S/C26H38N2O.C8H13N/c1-5-24(13-12-21(4)20(2)3)26(29)11-7-8-22-14-16-28(17-15-22)19-23-9-6-10-25(27)18-23;1-9-7-8-5-3-2-4-6-8/h5-6,9-10,12-13,18,22H,7-8,11,14-17,19,27H2,1-4H3;2-5,8-9H,6-7H2,1H3/b13-12-,24-5+;. The number of hydrogen-bond acceptors (Lipinski definition) is 4. The Balaban J connectivity index is 0.000000474. The molecule has 1 fully saturated rings. The van der Waals surface area contributed by atoms with Gasteiger partial charge in [-0.25, -0.2) is 0 Å². The zero-order chi connectivity index (χ0) is 27.8. The number of hydrogen-bond donors (Lipinski definition) is 2. The molecule has 0 bridgehead atoms. The number of likely N-dealkylation sites (tertiary alicyclic amines) is 1. The van der Waals surface area contributed by atoms with E-state index in [1.165, 1.54) is 36.0 Å². The van der Waals surface area contributed by atoms with Crippen LogP contribution in [0.1, 0.15) is 71.8 Å². The van der Waals surface area contributed by atoms with Crippen LogP contribution < -0.4 is 11.1 Å². The summed E-state index contributed by atoms with van der Waals surface area (Å²) in [5, 5.41) is 3.15. The summed E-state index contributed by atoms with van der Waals surface area (Å²) in [7, 11) is 1.99. The maximum Gasteiger partial charge on any atom is 0.162 e. The first-order valence-corrected chi connectivity index (χ1v) is 14.4. The molecule has 1 saturated heterocycles. The molecule has 2 aliphatic rings. The molecule has 208 valence electrons. The van der Waals surface area contributed by atoms with E-state index in [9.17, 15) is 4.79 Å². The molecule has 0 aromatic heterocycles. The number of piperidine rings is 1. The van der Waals surface area contributed by atoms with Crippen molar-refractivity contribution in [3.63, 3.8) is 0 Å². The average Bonchev–Trinajstić information content (AvgIpc) is 2.91. The van der Waals surface area contributed by atoms with Gasteiger partial charge in [-0.15, -0.1) is 0 Å². The molecule has 0 amide bonds. The topological polar surface area (TPSA) is 58.4 Å². The summed E-state index contributed by atoms with van der Waals surface area (Å²) in [6.07, 6.45) is 21.1. The summed E-state index contributed by atoms with van der Waals surface area (Å²) < 4.78 is 0. The summed E-state index contributed by atoms with van der Waals surface area (Å²) in [6, 6.07) is 8.20. The van der Waals surface area contributed by atoms with Crippen molar-refractivity contribution in [3.05, 3.63) is 89.1 Å². The Morgan fingerprint density at radius 1 is 1.13 bits per heavy atom. The van der Waals surface area contributed by atoms with E-state index in [1.54, 1.807) is 0 Å². The highest BCUT2D eigenvalue weighted by Crippen LogP contribution is 2.24. The lowest BCUT2D eigenvalue weighted by atomic mass is 9.90. The van der Waals surface area contributed by atoms with E-state index in [1.807, 2.05) is 38.3 Å². The second-order valence-corrected chi connectivity index (χ2v) is 10.9. The van der Waals surface area contributed by atoms with E-state index in [0.717, 1.165) is 62.1 Å². The van der Waals surface area contributed by atoms with E-state index in [0.29, 0.717) is 6.42 Å². The predicted molar refractivity (Wildman–Crippen MR) is 165 cm³/mol. The van der Waals surface area contributed by atoms with E-state index >= 15 is 0 Å². The lowest BCUT2D eigenvalue weighted by Crippen LogP contribution is -2.33. The zero-order valence-electron chi connectivity index (χ0n) is 24.5. The van der Waals surface area contributed by atoms with Crippen molar-refractivity contribution < 1.29 is 4.79 Å². The fourth-order valence-electron chi connectivity index (χ4n) is 4.86. The molecule has 1 heterocycles. The molecular weight excluding hydrogens is 466 g/mol. The zero-order valence-corrected chi connectivity index (χ0v) is 24.5. The Kier molecular flexibility index (Phi) is 14.7. The first-order chi connectivity index (χ1) is 18.3. The smallest absolute Gasteiger partial charge is 0.162 e. The minimum Gasteiger partial charge on any atom is -0.399 e. The van der Waals surface area contributed by atoms with E-state index in [-0.39, 0.29) is 5.78 Å². The molecule has 0 spiro atoms. The fraction of sp³-hybridized carbons (Fsp3) is 0.500. The molecular formula is C34H51N3O. The van der Waals surface area contributed by atoms with Crippen LogP contribution in [0, 0.1) is 11.8 Å². The van der Waals surface area contributed by atoms with Gasteiger partial charge in [-0.2, -0.15) is 0 Å². The second-order valence-electron chi connectivity index (χ2n) is 10.9. The number of nitrogens with one attached hydrogen (secondary N) is 1. The predicted octanol–water partition coefficient (Wildman–Crippen LogP) is 7.42. The number of nitrogens with two attached hydrogens (primary N) is 1. The van der Waals surface area contributed by atoms with Crippen molar-refractivity contribution in [1.29, 1.82) is 0 Å². The van der Waals surface area contributed by atoms with Crippen LogP contribution >= 0.6 is 0 Å². The molecule has 3 rings (SSSR count). The first kappa shape index (κ1) is 31.5. The highest BCUT2D eigenvalue weighted by Gasteiger charge is 2.19. The normalized spacial score (nSPS) is 18.3. The minimum atomic E-state index is 0.268. The lowest BCUT2D eigenvalue weighted by Gasteiger charge is -2.32. The summed E-state index contributed by atoms with van der Waals surface area (Å²) in [5.41, 5.74) is 11.4. The van der Waals surface area contributed by atoms with Crippen LogP contribution in [0.2, 0.25) is 0 Å². The van der Waals surface area contributed by atoms with Crippen molar-refractivity contribution in [2.75, 3.05) is 32.4 Å². The molecule has 4 nitrogen and oxygen atoms in total. The molecule has 1 atom stereocenters. The summed E-state index contributed by atoms with van der Waals surface area (Å²) in [5.74, 6) is 1.74. The number of anilines is 1. The molecule has 1 aliphatic heterocycles. The Morgan fingerprint density at radius 3 is 2.50 bits per heavy atom. The van der Waals surface area contributed by atoms with Crippen LogP contribution in [0.4, 0.5) is 5.69 Å². The third-order valence-electron chi connectivity index (χ3n) is 7.55. The van der Waals surface area contributed by atoms with Crippen molar-refractivity contribution >= 4 is 11.5 Å². The molecule has 1 aliphatic carbocycles. The molecule has 1 aromatic rings. The van der Waals surface area contributed by atoms with E-state index in [4.69, 9.17) is 5.73 Å². The summed E-state index contributed by atoms with van der Waals surface area (Å²) >= 11 is 0. The maximum absolute atomic E-state index is 12.5. The van der Waals surface area contributed by atoms with Gasteiger partial charge in [-0.3, -0.25) is 9.69 Å². The molecule has 0 radical (unpaired) electrons. The Hall–Kier alpha value is -2.69. The Bertz CT molecular complexity index is 1000. The number of rotatable bonds is 11. The monoisotopic (exact) mass is 517 g/mol. The molecule has 0 saturated carbocycles. The lowest BCUT2D eigenvalue weighted by molar-refractivity contribution is -0.115. The van der Waals surface area contributed by atoms with Gasteiger partial charge in [0.25, 0.3) is 0 Å². The number of allylic oxidation sites excluding steroid dienone is 9. The van der Waals surface area contributed by atoms with Gasteiger partial charge in [0.1, 0.15) is 0 Å². The Morgan fingerprint density at radius 2 is 1.89 bits per heavy atom. The van der Waals surface area contributed by atoms with Crippen molar-refractivity contribution in [3.8, 4) is 0 Å². The van der Waals surface area contributed by atoms with Crippen LogP contribution in [0.15, 0.2) is 83.5 Å². The third-order valence-corrected chi connectivity index (χ3v) is 7.55. The minimum absolute atomic E-state index is 0.268. The van der Waals surface area contributed by atoms with Crippen LogP contribution in [-0.4, -0.2) is 37.4 Å². The molecule has 3 N–H and O–H groups in total. The SMILES string of the molecule is C/C=C(\C=C/C(C)=C(C)C)C(=O)CCCC1CCN(Cc2cccc(N)c2)CC1.CNCC1C=CC=CC1. The van der Waals surface area contributed by atoms with Crippen LogP contribution in [0.3, 0.4) is 0 Å². The van der Waals surface area contributed by atoms with Gasteiger partial charge < -0.3 is 11.1 Å².